The SMILES string of the molecule is CC(=O)CCCC(=O)N(CCCCCN)OC(C)(C)C. The highest BCUT2D eigenvalue weighted by Crippen LogP contribution is 2.14. The van der Waals surface area contributed by atoms with E-state index in [-0.39, 0.29) is 11.7 Å². The number of unbranched alkanes of at least 4 members (excludes halogenated alkanes) is 2. The summed E-state index contributed by atoms with van der Waals surface area (Å²) in [6.45, 7) is 8.55. The van der Waals surface area contributed by atoms with Gasteiger partial charge in [-0.15, -0.1) is 0 Å². The molecule has 0 saturated carbocycles. The van der Waals surface area contributed by atoms with Crippen molar-refractivity contribution in [3.63, 3.8) is 0 Å². The van der Waals surface area contributed by atoms with Gasteiger partial charge in [-0.1, -0.05) is 6.42 Å². The Hall–Kier alpha value is -0.940. The minimum Gasteiger partial charge on any atom is -0.330 e. The van der Waals surface area contributed by atoms with Crippen molar-refractivity contribution in [1.29, 1.82) is 0 Å². The van der Waals surface area contributed by atoms with Crippen molar-refractivity contribution in [2.24, 2.45) is 5.73 Å². The molecule has 0 aliphatic rings. The molecule has 0 atom stereocenters. The number of carbonyl (C=O) groups is 2. The standard InChI is InChI=1S/C15H30N2O3/c1-13(18)9-8-10-14(19)17(20-15(2,3)4)12-7-5-6-11-16/h5-12,16H2,1-4H3. The third-order valence-electron chi connectivity index (χ3n) is 2.65. The molecule has 0 spiro atoms. The van der Waals surface area contributed by atoms with E-state index in [1.54, 1.807) is 6.92 Å². The first-order chi connectivity index (χ1) is 9.26. The Morgan fingerprint density at radius 1 is 1.05 bits per heavy atom. The van der Waals surface area contributed by atoms with Crippen LogP contribution < -0.4 is 5.73 Å². The van der Waals surface area contributed by atoms with Gasteiger partial charge in [-0.3, -0.25) is 9.63 Å². The second-order valence-corrected chi connectivity index (χ2v) is 6.10. The Kier molecular flexibility index (Phi) is 9.42. The quantitative estimate of drug-likeness (QED) is 0.494. The topological polar surface area (TPSA) is 72.6 Å². The van der Waals surface area contributed by atoms with E-state index in [0.29, 0.717) is 32.4 Å². The molecule has 0 fully saturated rings. The third kappa shape index (κ3) is 10.9. The van der Waals surface area contributed by atoms with E-state index in [1.807, 2.05) is 20.8 Å². The summed E-state index contributed by atoms with van der Waals surface area (Å²) < 4.78 is 0. The molecule has 0 bridgehead atoms. The molecule has 0 rings (SSSR count). The van der Waals surface area contributed by atoms with Gasteiger partial charge < -0.3 is 10.5 Å². The Bertz CT molecular complexity index is 298. The van der Waals surface area contributed by atoms with Crippen molar-refractivity contribution in [1.82, 2.24) is 5.06 Å². The van der Waals surface area contributed by atoms with Crippen LogP contribution in [0.1, 0.15) is 66.2 Å². The Balaban J connectivity index is 4.27. The predicted octanol–water partition coefficient (Wildman–Crippen LogP) is 2.43. The normalized spacial score (nSPS) is 11.4. The first-order valence-electron chi connectivity index (χ1n) is 7.45. The summed E-state index contributed by atoms with van der Waals surface area (Å²) in [5.41, 5.74) is 5.06. The molecular formula is C15H30N2O3. The monoisotopic (exact) mass is 286 g/mol. The van der Waals surface area contributed by atoms with Gasteiger partial charge in [0.15, 0.2) is 0 Å². The van der Waals surface area contributed by atoms with Crippen molar-refractivity contribution < 1.29 is 14.4 Å². The van der Waals surface area contributed by atoms with Crippen LogP contribution in [-0.2, 0) is 14.4 Å². The van der Waals surface area contributed by atoms with Gasteiger partial charge >= 0.3 is 0 Å². The van der Waals surface area contributed by atoms with E-state index in [9.17, 15) is 9.59 Å². The minimum atomic E-state index is -0.399. The summed E-state index contributed by atoms with van der Waals surface area (Å²) in [4.78, 5) is 28.7. The number of hydroxylamine groups is 2. The zero-order valence-corrected chi connectivity index (χ0v) is 13.4. The van der Waals surface area contributed by atoms with Gasteiger partial charge in [0.2, 0.25) is 5.91 Å². The number of nitrogens with two attached hydrogens (primary N) is 1. The fraction of sp³-hybridized carbons (Fsp3) is 0.867. The number of ketones is 1. The molecule has 0 aromatic heterocycles. The zero-order chi connectivity index (χ0) is 15.6. The summed E-state index contributed by atoms with van der Waals surface area (Å²) in [6.07, 6.45) is 4.21. The molecular weight excluding hydrogens is 256 g/mol. The molecule has 2 N–H and O–H groups in total. The van der Waals surface area contributed by atoms with E-state index < -0.39 is 5.60 Å². The van der Waals surface area contributed by atoms with Crippen molar-refractivity contribution in [2.45, 2.75) is 71.8 Å². The largest absolute Gasteiger partial charge is 0.330 e. The number of carbonyl (C=O) groups excluding carboxylic acids is 2. The lowest BCUT2D eigenvalue weighted by molar-refractivity contribution is -0.227. The summed E-state index contributed by atoms with van der Waals surface area (Å²) in [7, 11) is 0. The lowest BCUT2D eigenvalue weighted by Crippen LogP contribution is -2.39. The van der Waals surface area contributed by atoms with Gasteiger partial charge in [0.25, 0.3) is 0 Å². The Morgan fingerprint density at radius 2 is 1.70 bits per heavy atom. The summed E-state index contributed by atoms with van der Waals surface area (Å²) in [5, 5.41) is 1.46. The Morgan fingerprint density at radius 3 is 2.20 bits per heavy atom. The smallest absolute Gasteiger partial charge is 0.246 e. The molecule has 0 saturated heterocycles. The molecule has 1 amide bonds. The molecule has 5 nitrogen and oxygen atoms in total. The van der Waals surface area contributed by atoms with Gasteiger partial charge in [-0.2, -0.15) is 0 Å². The van der Waals surface area contributed by atoms with Crippen LogP contribution in [0.2, 0.25) is 0 Å². The fourth-order valence-electron chi connectivity index (χ4n) is 1.74. The first kappa shape index (κ1) is 19.1. The third-order valence-corrected chi connectivity index (χ3v) is 2.65. The van der Waals surface area contributed by atoms with Crippen molar-refractivity contribution in [3.05, 3.63) is 0 Å². The first-order valence-corrected chi connectivity index (χ1v) is 7.45. The number of hydrogen-bond donors (Lipinski definition) is 1. The van der Waals surface area contributed by atoms with Crippen LogP contribution >= 0.6 is 0 Å². The van der Waals surface area contributed by atoms with Crippen LogP contribution in [0.15, 0.2) is 0 Å². The predicted molar refractivity (Wildman–Crippen MR) is 80.0 cm³/mol. The summed E-state index contributed by atoms with van der Waals surface area (Å²) in [5.74, 6) is 0.0676. The maximum absolute atomic E-state index is 12.1. The molecule has 0 unspecified atom stereocenters. The average Bonchev–Trinajstić information content (AvgIpc) is 2.31. The van der Waals surface area contributed by atoms with E-state index in [0.717, 1.165) is 19.3 Å². The highest BCUT2D eigenvalue weighted by molar-refractivity contribution is 5.78. The minimum absolute atomic E-state index is 0.0473. The van der Waals surface area contributed by atoms with E-state index in [1.165, 1.54) is 5.06 Å². The molecule has 0 aromatic rings. The van der Waals surface area contributed by atoms with Crippen LogP contribution in [-0.4, -0.2) is 35.4 Å². The number of rotatable bonds is 10. The average molecular weight is 286 g/mol. The van der Waals surface area contributed by atoms with Gasteiger partial charge in [0.05, 0.1) is 5.60 Å². The second kappa shape index (κ2) is 9.88. The van der Waals surface area contributed by atoms with E-state index in [2.05, 4.69) is 0 Å². The van der Waals surface area contributed by atoms with Gasteiger partial charge in [0, 0.05) is 19.4 Å². The van der Waals surface area contributed by atoms with Crippen LogP contribution in [0.4, 0.5) is 0 Å². The maximum atomic E-state index is 12.1. The molecule has 5 heteroatoms. The molecule has 20 heavy (non-hydrogen) atoms. The Labute approximate surface area is 122 Å². The maximum Gasteiger partial charge on any atom is 0.246 e. The number of nitrogens with zero attached hydrogens (tertiary/aromatic N) is 1. The van der Waals surface area contributed by atoms with E-state index in [4.69, 9.17) is 10.6 Å². The zero-order valence-electron chi connectivity index (χ0n) is 13.4. The highest BCUT2D eigenvalue weighted by atomic mass is 16.7. The van der Waals surface area contributed by atoms with Crippen molar-refractivity contribution >= 4 is 11.7 Å². The van der Waals surface area contributed by atoms with Crippen molar-refractivity contribution in [2.75, 3.05) is 13.1 Å². The van der Waals surface area contributed by atoms with Gasteiger partial charge in [0.1, 0.15) is 5.78 Å². The summed E-state index contributed by atoms with van der Waals surface area (Å²) in [6, 6.07) is 0. The summed E-state index contributed by atoms with van der Waals surface area (Å²) >= 11 is 0. The van der Waals surface area contributed by atoms with E-state index >= 15 is 0 Å². The molecule has 0 radical (unpaired) electrons. The molecule has 0 heterocycles. The number of hydrogen-bond acceptors (Lipinski definition) is 4. The number of Topliss-reactive ketones (excluding diaryl/α,β-unsaturated/α-hetero) is 1. The van der Waals surface area contributed by atoms with Crippen LogP contribution in [0, 0.1) is 0 Å². The lowest BCUT2D eigenvalue weighted by atomic mass is 10.1. The molecule has 0 aliphatic heterocycles. The molecule has 0 aliphatic carbocycles. The van der Waals surface area contributed by atoms with Crippen LogP contribution in [0.25, 0.3) is 0 Å². The molecule has 118 valence electrons. The molecule has 0 aromatic carbocycles. The fourth-order valence-corrected chi connectivity index (χ4v) is 1.74. The highest BCUT2D eigenvalue weighted by Gasteiger charge is 2.21. The van der Waals surface area contributed by atoms with Gasteiger partial charge in [-0.25, -0.2) is 5.06 Å². The second-order valence-electron chi connectivity index (χ2n) is 6.10. The van der Waals surface area contributed by atoms with Crippen LogP contribution in [0.5, 0.6) is 0 Å². The number of amides is 1. The van der Waals surface area contributed by atoms with Crippen molar-refractivity contribution in [3.8, 4) is 0 Å². The lowest BCUT2D eigenvalue weighted by Gasteiger charge is -2.30. The van der Waals surface area contributed by atoms with Crippen LogP contribution in [0.3, 0.4) is 0 Å². The van der Waals surface area contributed by atoms with Gasteiger partial charge in [-0.05, 0) is 53.5 Å².